The third kappa shape index (κ3) is 4.24. The highest BCUT2D eigenvalue weighted by molar-refractivity contribution is 5.54. The van der Waals surface area contributed by atoms with Gasteiger partial charge in [0.2, 0.25) is 0 Å². The molecule has 0 spiro atoms. The number of hydrogen-bond acceptors (Lipinski definition) is 2. The zero-order valence-electron chi connectivity index (χ0n) is 13.7. The number of nitrogens with zero attached hydrogens (tertiary/aromatic N) is 1. The van der Waals surface area contributed by atoms with E-state index in [4.69, 9.17) is 0 Å². The molecule has 1 aromatic rings. The molecule has 1 aromatic carbocycles. The van der Waals surface area contributed by atoms with Crippen molar-refractivity contribution >= 4 is 5.69 Å². The molecule has 0 saturated heterocycles. The number of nitrogens with one attached hydrogen (secondary N) is 1. The maximum atomic E-state index is 3.58. The summed E-state index contributed by atoms with van der Waals surface area (Å²) in [6.07, 6.45) is 3.94. The van der Waals surface area contributed by atoms with Crippen molar-refractivity contribution in [2.24, 2.45) is 5.92 Å². The first-order chi connectivity index (χ1) is 9.47. The molecule has 1 saturated carbocycles. The van der Waals surface area contributed by atoms with Crippen molar-refractivity contribution in [3.63, 3.8) is 0 Å². The number of aryl methyl sites for hydroxylation is 1. The van der Waals surface area contributed by atoms with E-state index in [0.29, 0.717) is 6.04 Å². The summed E-state index contributed by atoms with van der Waals surface area (Å²) in [6, 6.07) is 8.27. The normalized spacial score (nSPS) is 16.5. The Hall–Kier alpha value is -1.02. The molecule has 1 fully saturated rings. The van der Waals surface area contributed by atoms with Gasteiger partial charge in [-0.2, -0.15) is 0 Å². The molecule has 0 bridgehead atoms. The Morgan fingerprint density at radius 2 is 1.95 bits per heavy atom. The van der Waals surface area contributed by atoms with Crippen molar-refractivity contribution in [3.05, 3.63) is 29.3 Å². The Kier molecular flexibility index (Phi) is 5.09. The topological polar surface area (TPSA) is 15.3 Å². The smallest absolute Gasteiger partial charge is 0.0395 e. The summed E-state index contributed by atoms with van der Waals surface area (Å²) < 4.78 is 0. The fourth-order valence-corrected chi connectivity index (χ4v) is 2.85. The predicted molar refractivity (Wildman–Crippen MR) is 88.4 cm³/mol. The van der Waals surface area contributed by atoms with Crippen LogP contribution in [0.4, 0.5) is 5.69 Å². The molecule has 2 heteroatoms. The van der Waals surface area contributed by atoms with E-state index >= 15 is 0 Å². The molecule has 1 unspecified atom stereocenters. The summed E-state index contributed by atoms with van der Waals surface area (Å²) in [7, 11) is 2.22. The van der Waals surface area contributed by atoms with Gasteiger partial charge in [-0.1, -0.05) is 26.0 Å². The van der Waals surface area contributed by atoms with Gasteiger partial charge < -0.3 is 10.2 Å². The van der Waals surface area contributed by atoms with Gasteiger partial charge in [0, 0.05) is 31.4 Å². The lowest BCUT2D eigenvalue weighted by Gasteiger charge is -2.30. The summed E-state index contributed by atoms with van der Waals surface area (Å²) in [4.78, 5) is 2.42. The summed E-state index contributed by atoms with van der Waals surface area (Å²) in [5.74, 6) is 0.745. The van der Waals surface area contributed by atoms with Crippen LogP contribution in [0.3, 0.4) is 0 Å². The Morgan fingerprint density at radius 1 is 1.25 bits per heavy atom. The SMILES string of the molecule is Cc1cc(CNC2CC2)ccc1N(C)C(C)CC(C)C. The quantitative estimate of drug-likeness (QED) is 0.804. The van der Waals surface area contributed by atoms with Crippen LogP contribution < -0.4 is 10.2 Å². The molecule has 1 atom stereocenters. The van der Waals surface area contributed by atoms with Crippen molar-refractivity contribution in [2.75, 3.05) is 11.9 Å². The second kappa shape index (κ2) is 6.62. The third-order valence-corrected chi connectivity index (χ3v) is 4.29. The van der Waals surface area contributed by atoms with Gasteiger partial charge in [-0.15, -0.1) is 0 Å². The van der Waals surface area contributed by atoms with Crippen LogP contribution in [0, 0.1) is 12.8 Å². The van der Waals surface area contributed by atoms with Gasteiger partial charge in [0.15, 0.2) is 0 Å². The van der Waals surface area contributed by atoms with E-state index < -0.39 is 0 Å². The molecule has 0 aliphatic heterocycles. The van der Waals surface area contributed by atoms with Crippen molar-refractivity contribution in [3.8, 4) is 0 Å². The fraction of sp³-hybridized carbons (Fsp3) is 0.667. The summed E-state index contributed by atoms with van der Waals surface area (Å²) in [5.41, 5.74) is 4.16. The first-order valence-electron chi connectivity index (χ1n) is 8.03. The van der Waals surface area contributed by atoms with Gasteiger partial charge in [0.1, 0.15) is 0 Å². The van der Waals surface area contributed by atoms with Crippen LogP contribution in [0.5, 0.6) is 0 Å². The first-order valence-corrected chi connectivity index (χ1v) is 8.03. The molecule has 1 aliphatic rings. The zero-order valence-corrected chi connectivity index (χ0v) is 13.7. The molecular weight excluding hydrogens is 244 g/mol. The summed E-state index contributed by atoms with van der Waals surface area (Å²) in [6.45, 7) is 10.2. The molecule has 1 N–H and O–H groups in total. The standard InChI is InChI=1S/C18H30N2/c1-13(2)10-15(4)20(5)18-9-6-16(11-14(18)3)12-19-17-7-8-17/h6,9,11,13,15,17,19H,7-8,10,12H2,1-5H3. The number of hydrogen-bond donors (Lipinski definition) is 1. The average Bonchev–Trinajstić information content (AvgIpc) is 3.19. The lowest BCUT2D eigenvalue weighted by molar-refractivity contribution is 0.503. The van der Waals surface area contributed by atoms with Crippen LogP contribution in [-0.2, 0) is 6.54 Å². The summed E-state index contributed by atoms with van der Waals surface area (Å²) in [5, 5.41) is 3.58. The number of benzene rings is 1. The number of anilines is 1. The fourth-order valence-electron chi connectivity index (χ4n) is 2.85. The van der Waals surface area contributed by atoms with Gasteiger partial charge in [0.25, 0.3) is 0 Å². The van der Waals surface area contributed by atoms with E-state index in [9.17, 15) is 0 Å². The lowest BCUT2D eigenvalue weighted by Crippen LogP contribution is -2.30. The second-order valence-corrected chi connectivity index (χ2v) is 6.87. The van der Waals surface area contributed by atoms with Gasteiger partial charge in [-0.25, -0.2) is 0 Å². The molecular formula is C18H30N2. The molecule has 112 valence electrons. The van der Waals surface area contributed by atoms with E-state index in [-0.39, 0.29) is 0 Å². The van der Waals surface area contributed by atoms with E-state index in [1.54, 1.807) is 0 Å². The minimum Gasteiger partial charge on any atom is -0.372 e. The van der Waals surface area contributed by atoms with Crippen LogP contribution >= 0.6 is 0 Å². The highest BCUT2D eigenvalue weighted by atomic mass is 15.1. The molecule has 0 amide bonds. The molecule has 0 radical (unpaired) electrons. The first kappa shape index (κ1) is 15.4. The largest absolute Gasteiger partial charge is 0.372 e. The molecule has 0 aromatic heterocycles. The van der Waals surface area contributed by atoms with E-state index in [1.165, 1.54) is 36.1 Å². The maximum absolute atomic E-state index is 3.58. The van der Waals surface area contributed by atoms with Crippen LogP contribution in [-0.4, -0.2) is 19.1 Å². The average molecular weight is 274 g/mol. The maximum Gasteiger partial charge on any atom is 0.0395 e. The van der Waals surface area contributed by atoms with E-state index in [2.05, 4.69) is 63.2 Å². The minimum atomic E-state index is 0.587. The lowest BCUT2D eigenvalue weighted by atomic mass is 10.0. The van der Waals surface area contributed by atoms with E-state index in [0.717, 1.165) is 18.5 Å². The Morgan fingerprint density at radius 3 is 2.50 bits per heavy atom. The third-order valence-electron chi connectivity index (χ3n) is 4.29. The predicted octanol–water partition coefficient (Wildman–Crippen LogP) is 4.12. The molecule has 2 rings (SSSR count). The molecule has 0 heterocycles. The van der Waals surface area contributed by atoms with Gasteiger partial charge >= 0.3 is 0 Å². The van der Waals surface area contributed by atoms with Crippen molar-refractivity contribution < 1.29 is 0 Å². The van der Waals surface area contributed by atoms with Crippen LogP contribution in [0.25, 0.3) is 0 Å². The zero-order chi connectivity index (χ0) is 14.7. The Bertz CT molecular complexity index is 435. The Balaban J connectivity index is 1.99. The number of rotatable bonds is 7. The van der Waals surface area contributed by atoms with Crippen molar-refractivity contribution in [1.29, 1.82) is 0 Å². The van der Waals surface area contributed by atoms with Gasteiger partial charge in [-0.05, 0) is 56.2 Å². The highest BCUT2D eigenvalue weighted by Crippen LogP contribution is 2.25. The Labute approximate surface area is 124 Å². The summed E-state index contributed by atoms with van der Waals surface area (Å²) >= 11 is 0. The second-order valence-electron chi connectivity index (χ2n) is 6.87. The van der Waals surface area contributed by atoms with Crippen molar-refractivity contribution in [2.45, 2.75) is 65.6 Å². The van der Waals surface area contributed by atoms with Crippen molar-refractivity contribution in [1.82, 2.24) is 5.32 Å². The van der Waals surface area contributed by atoms with E-state index in [1.807, 2.05) is 0 Å². The van der Waals surface area contributed by atoms with Crippen LogP contribution in [0.1, 0.15) is 51.2 Å². The van der Waals surface area contributed by atoms with Crippen LogP contribution in [0.2, 0.25) is 0 Å². The molecule has 2 nitrogen and oxygen atoms in total. The van der Waals surface area contributed by atoms with Gasteiger partial charge in [0.05, 0.1) is 0 Å². The minimum absolute atomic E-state index is 0.587. The molecule has 20 heavy (non-hydrogen) atoms. The molecule has 1 aliphatic carbocycles. The van der Waals surface area contributed by atoms with Crippen LogP contribution in [0.15, 0.2) is 18.2 Å². The highest BCUT2D eigenvalue weighted by Gasteiger charge is 2.20. The van der Waals surface area contributed by atoms with Gasteiger partial charge in [-0.3, -0.25) is 0 Å². The monoisotopic (exact) mass is 274 g/mol.